The minimum Gasteiger partial charge on any atom is -0.379 e. The lowest BCUT2D eigenvalue weighted by molar-refractivity contribution is -0.00275. The van der Waals surface area contributed by atoms with E-state index in [-0.39, 0.29) is 11.9 Å². The summed E-state index contributed by atoms with van der Waals surface area (Å²) in [6, 6.07) is 0. The van der Waals surface area contributed by atoms with Crippen LogP contribution in [-0.2, 0) is 18.5 Å². The van der Waals surface area contributed by atoms with Crippen LogP contribution in [0.3, 0.4) is 0 Å². The van der Waals surface area contributed by atoms with Crippen LogP contribution in [0, 0.1) is 0 Å². The van der Waals surface area contributed by atoms with Gasteiger partial charge < -0.3 is 9.47 Å². The van der Waals surface area contributed by atoms with Crippen LogP contribution in [0.15, 0.2) is 0 Å². The molecular formula is C8H17ClO4S. The van der Waals surface area contributed by atoms with Gasteiger partial charge in [-0.3, -0.25) is 0 Å². The topological polar surface area (TPSA) is 52.6 Å². The Morgan fingerprint density at radius 2 is 2.07 bits per heavy atom. The van der Waals surface area contributed by atoms with Crippen molar-refractivity contribution in [2.24, 2.45) is 0 Å². The van der Waals surface area contributed by atoms with Gasteiger partial charge in [0, 0.05) is 23.9 Å². The van der Waals surface area contributed by atoms with Gasteiger partial charge in [0.05, 0.1) is 18.5 Å². The molecule has 4 nitrogen and oxygen atoms in total. The van der Waals surface area contributed by atoms with Crippen LogP contribution < -0.4 is 0 Å². The number of hydrogen-bond acceptors (Lipinski definition) is 4. The Hall–Kier alpha value is 0.160. The maximum atomic E-state index is 10.5. The number of hydrogen-bond donors (Lipinski definition) is 0. The lowest BCUT2D eigenvalue weighted by atomic mass is 10.4. The van der Waals surface area contributed by atoms with Crippen molar-refractivity contribution in [1.29, 1.82) is 0 Å². The van der Waals surface area contributed by atoms with E-state index in [2.05, 4.69) is 0 Å². The minimum atomic E-state index is -3.38. The predicted octanol–water partition coefficient (Wildman–Crippen LogP) is 1.39. The zero-order valence-corrected chi connectivity index (χ0v) is 10.1. The number of halogens is 1. The third-order valence-electron chi connectivity index (χ3n) is 1.49. The lowest BCUT2D eigenvalue weighted by Crippen LogP contribution is -2.17. The summed E-state index contributed by atoms with van der Waals surface area (Å²) in [5.74, 6) is -0.0457. The van der Waals surface area contributed by atoms with Crippen LogP contribution in [-0.4, -0.2) is 40.1 Å². The molecule has 0 saturated carbocycles. The first-order valence-corrected chi connectivity index (χ1v) is 7.05. The second-order valence-electron chi connectivity index (χ2n) is 2.94. The van der Waals surface area contributed by atoms with Crippen LogP contribution in [0.5, 0.6) is 0 Å². The molecule has 0 rings (SSSR count). The Labute approximate surface area is 90.0 Å². The van der Waals surface area contributed by atoms with E-state index in [0.717, 1.165) is 0 Å². The summed E-state index contributed by atoms with van der Waals surface area (Å²) in [5, 5.41) is 0. The lowest BCUT2D eigenvalue weighted by Gasteiger charge is -2.11. The molecule has 0 aliphatic carbocycles. The van der Waals surface area contributed by atoms with E-state index in [4.69, 9.17) is 20.2 Å². The maximum Gasteiger partial charge on any atom is 0.232 e. The quantitative estimate of drug-likeness (QED) is 0.478. The summed E-state index contributed by atoms with van der Waals surface area (Å²) in [6.45, 7) is 5.37. The minimum absolute atomic E-state index is 0.00650. The first kappa shape index (κ1) is 14.2. The highest BCUT2D eigenvalue weighted by Gasteiger charge is 2.06. The van der Waals surface area contributed by atoms with Gasteiger partial charge in [0.15, 0.2) is 0 Å². The van der Waals surface area contributed by atoms with Gasteiger partial charge >= 0.3 is 0 Å². The molecule has 0 spiro atoms. The predicted molar refractivity (Wildman–Crippen MR) is 56.2 cm³/mol. The molecule has 0 heterocycles. The van der Waals surface area contributed by atoms with Crippen molar-refractivity contribution in [1.82, 2.24) is 0 Å². The van der Waals surface area contributed by atoms with E-state index in [0.29, 0.717) is 26.2 Å². The highest BCUT2D eigenvalue weighted by molar-refractivity contribution is 8.13. The van der Waals surface area contributed by atoms with E-state index >= 15 is 0 Å². The molecule has 0 N–H and O–H groups in total. The van der Waals surface area contributed by atoms with Crippen molar-refractivity contribution in [3.63, 3.8) is 0 Å². The van der Waals surface area contributed by atoms with Crippen molar-refractivity contribution < 1.29 is 17.9 Å². The van der Waals surface area contributed by atoms with Crippen molar-refractivity contribution in [3.8, 4) is 0 Å². The molecule has 0 aromatic heterocycles. The van der Waals surface area contributed by atoms with Crippen molar-refractivity contribution in [3.05, 3.63) is 0 Å². The molecule has 6 heteroatoms. The largest absolute Gasteiger partial charge is 0.379 e. The van der Waals surface area contributed by atoms with E-state index < -0.39 is 9.05 Å². The second-order valence-corrected chi connectivity index (χ2v) is 5.83. The third kappa shape index (κ3) is 10.2. The van der Waals surface area contributed by atoms with Gasteiger partial charge in [0.1, 0.15) is 0 Å². The fourth-order valence-corrected chi connectivity index (χ4v) is 1.64. The number of rotatable bonds is 8. The molecule has 1 unspecified atom stereocenters. The molecule has 0 aromatic carbocycles. The first-order chi connectivity index (χ1) is 6.45. The third-order valence-corrected chi connectivity index (χ3v) is 2.73. The van der Waals surface area contributed by atoms with Crippen LogP contribution in [0.4, 0.5) is 0 Å². The van der Waals surface area contributed by atoms with Crippen LogP contribution in [0.25, 0.3) is 0 Å². The highest BCUT2D eigenvalue weighted by atomic mass is 35.7. The molecule has 0 aliphatic rings. The maximum absolute atomic E-state index is 10.5. The summed E-state index contributed by atoms with van der Waals surface area (Å²) in [5.41, 5.74) is 0. The van der Waals surface area contributed by atoms with E-state index in [1.807, 2.05) is 13.8 Å². The van der Waals surface area contributed by atoms with Gasteiger partial charge in [0.2, 0.25) is 9.05 Å². The highest BCUT2D eigenvalue weighted by Crippen LogP contribution is 2.00. The Kier molecular flexibility index (Phi) is 7.54. The Balaban J connectivity index is 3.36. The van der Waals surface area contributed by atoms with Gasteiger partial charge in [-0.15, -0.1) is 0 Å². The molecule has 0 radical (unpaired) electrons. The average Bonchev–Trinajstić information content (AvgIpc) is 2.07. The number of ether oxygens (including phenoxy) is 2. The summed E-state index contributed by atoms with van der Waals surface area (Å²) >= 11 is 0. The van der Waals surface area contributed by atoms with Crippen molar-refractivity contribution >= 4 is 19.7 Å². The van der Waals surface area contributed by atoms with Crippen LogP contribution in [0.2, 0.25) is 0 Å². The standard InChI is InChI=1S/C8H17ClO4S/c1-3-12-7-8(2)13-5-4-6-14(9,10)11/h8H,3-7H2,1-2H3. The second kappa shape index (κ2) is 7.45. The van der Waals surface area contributed by atoms with Crippen molar-refractivity contribution in [2.45, 2.75) is 26.4 Å². The van der Waals surface area contributed by atoms with Crippen LogP contribution >= 0.6 is 10.7 Å². The zero-order chi connectivity index (χ0) is 11.0. The summed E-state index contributed by atoms with van der Waals surface area (Å²) in [7, 11) is 1.65. The van der Waals surface area contributed by atoms with E-state index in [1.54, 1.807) is 0 Å². The molecule has 0 amide bonds. The Morgan fingerprint density at radius 3 is 2.57 bits per heavy atom. The fraction of sp³-hybridized carbons (Fsp3) is 1.00. The Bertz CT molecular complexity index is 227. The van der Waals surface area contributed by atoms with E-state index in [1.165, 1.54) is 0 Å². The van der Waals surface area contributed by atoms with Gasteiger partial charge in [0.25, 0.3) is 0 Å². The first-order valence-electron chi connectivity index (χ1n) is 4.57. The van der Waals surface area contributed by atoms with Gasteiger partial charge in [-0.25, -0.2) is 8.42 Å². The van der Waals surface area contributed by atoms with Crippen molar-refractivity contribution in [2.75, 3.05) is 25.6 Å². The molecule has 0 saturated heterocycles. The fourth-order valence-electron chi connectivity index (χ4n) is 0.848. The zero-order valence-electron chi connectivity index (χ0n) is 8.53. The molecule has 14 heavy (non-hydrogen) atoms. The molecular weight excluding hydrogens is 228 g/mol. The molecule has 86 valence electrons. The molecule has 0 bridgehead atoms. The Morgan fingerprint density at radius 1 is 1.43 bits per heavy atom. The molecule has 1 atom stereocenters. The monoisotopic (exact) mass is 244 g/mol. The summed E-state index contributed by atoms with van der Waals surface area (Å²) in [6.07, 6.45) is 0.412. The average molecular weight is 245 g/mol. The summed E-state index contributed by atoms with van der Waals surface area (Å²) < 4.78 is 31.5. The molecule has 0 fully saturated rings. The van der Waals surface area contributed by atoms with Gasteiger partial charge in [-0.05, 0) is 20.3 Å². The SMILES string of the molecule is CCOCC(C)OCCCS(=O)(=O)Cl. The van der Waals surface area contributed by atoms with E-state index in [9.17, 15) is 8.42 Å². The van der Waals surface area contributed by atoms with Gasteiger partial charge in [-0.1, -0.05) is 0 Å². The van der Waals surface area contributed by atoms with Crippen LogP contribution in [0.1, 0.15) is 20.3 Å². The summed E-state index contributed by atoms with van der Waals surface area (Å²) in [4.78, 5) is 0. The molecule has 0 aromatic rings. The van der Waals surface area contributed by atoms with Gasteiger partial charge in [-0.2, -0.15) is 0 Å². The molecule has 0 aliphatic heterocycles. The normalized spacial score (nSPS) is 14.2. The smallest absolute Gasteiger partial charge is 0.232 e.